The highest BCUT2D eigenvalue weighted by Crippen LogP contribution is 2.44. The molecule has 2 heterocycles. The number of phenols is 1. The summed E-state index contributed by atoms with van der Waals surface area (Å²) in [6.45, 7) is 17.1. The lowest BCUT2D eigenvalue weighted by Gasteiger charge is -2.51. The Hall–Kier alpha value is -3.19. The molecule has 0 aromatic heterocycles. The van der Waals surface area contributed by atoms with Crippen molar-refractivity contribution < 1.29 is 48.3 Å². The highest BCUT2D eigenvalue weighted by molar-refractivity contribution is 5.95. The van der Waals surface area contributed by atoms with E-state index in [4.69, 9.17) is 23.7 Å². The van der Waals surface area contributed by atoms with Crippen LogP contribution in [0.1, 0.15) is 75.9 Å². The first-order valence-electron chi connectivity index (χ1n) is 14.3. The molecule has 2 amide bonds. The molecule has 0 aliphatic carbocycles. The Morgan fingerprint density at radius 3 is 2.23 bits per heavy atom. The summed E-state index contributed by atoms with van der Waals surface area (Å²) in [5.41, 5.74) is -2.74. The second-order valence-electron chi connectivity index (χ2n) is 13.0. The molecule has 2 aliphatic rings. The first kappa shape index (κ1) is 34.3. The summed E-state index contributed by atoms with van der Waals surface area (Å²) >= 11 is 0. The molecule has 2 saturated heterocycles. The van der Waals surface area contributed by atoms with Crippen molar-refractivity contribution >= 4 is 18.0 Å². The summed E-state index contributed by atoms with van der Waals surface area (Å²) < 4.78 is 29.4. The van der Waals surface area contributed by atoms with Crippen LogP contribution in [-0.2, 0) is 28.5 Å². The fourth-order valence-electron chi connectivity index (χ4n) is 5.77. The van der Waals surface area contributed by atoms with Gasteiger partial charge in [0, 0.05) is 24.9 Å². The maximum Gasteiger partial charge on any atom is 0.408 e. The quantitative estimate of drug-likeness (QED) is 0.255. The Balaban J connectivity index is 1.99. The summed E-state index contributed by atoms with van der Waals surface area (Å²) in [6, 6.07) is 2.02. The number of alkyl carbamates (subject to hydrolysis) is 1. The van der Waals surface area contributed by atoms with Crippen LogP contribution in [0.2, 0.25) is 0 Å². The molecule has 240 valence electrons. The fraction of sp³-hybridized carbons (Fsp3) is 0.645. The molecule has 0 spiro atoms. The van der Waals surface area contributed by atoms with E-state index in [-0.39, 0.29) is 25.1 Å². The smallest absolute Gasteiger partial charge is 0.408 e. The summed E-state index contributed by atoms with van der Waals surface area (Å²) in [5.74, 6) is -2.17. The third-order valence-electron chi connectivity index (χ3n) is 7.47. The lowest BCUT2D eigenvalue weighted by molar-refractivity contribution is -0.246. The van der Waals surface area contributed by atoms with Gasteiger partial charge in [0.05, 0.1) is 18.8 Å². The Morgan fingerprint density at radius 2 is 1.70 bits per heavy atom. The van der Waals surface area contributed by atoms with Gasteiger partial charge >= 0.3 is 12.1 Å². The van der Waals surface area contributed by atoms with Crippen LogP contribution in [-0.4, -0.2) is 88.8 Å². The van der Waals surface area contributed by atoms with Gasteiger partial charge in [0.2, 0.25) is 0 Å². The SMILES string of the molecule is C=CC[C@]1(C(=O)OC)CC(C)(O)[C@@H](NC(=O)OC(C)(C)C)[C@H]([C@@H]2OC(C)(C)O[C@@H]2CNC(=O)c2cc(C)c(O)c(C)c2)O1. The minimum atomic E-state index is -1.72. The highest BCUT2D eigenvalue weighted by Gasteiger charge is 2.61. The monoisotopic (exact) mass is 606 g/mol. The van der Waals surface area contributed by atoms with Gasteiger partial charge in [0.15, 0.2) is 11.4 Å². The Labute approximate surface area is 253 Å². The van der Waals surface area contributed by atoms with Crippen LogP contribution < -0.4 is 10.6 Å². The molecule has 12 nitrogen and oxygen atoms in total. The lowest BCUT2D eigenvalue weighted by atomic mass is 9.74. The molecule has 0 radical (unpaired) electrons. The third kappa shape index (κ3) is 7.86. The number of carbonyl (C=O) groups is 3. The number of aryl methyl sites for hydroxylation is 2. The second-order valence-corrected chi connectivity index (χ2v) is 13.0. The predicted molar refractivity (Wildman–Crippen MR) is 157 cm³/mol. The molecule has 2 fully saturated rings. The summed E-state index contributed by atoms with van der Waals surface area (Å²) in [5, 5.41) is 27.5. The Kier molecular flexibility index (Phi) is 9.92. The standard InChI is InChI=1S/C31H46N2O10/c1-11-12-31(26(36)39-10)16-30(9,38)24(33-27(37)43-28(4,5)6)23(42-31)22-20(40-29(7,8)41-22)15-32-25(35)19-13-17(2)21(34)18(3)14-19/h11,13-14,20,22-24,34,38H,1,12,15-16H2,2-10H3,(H,32,35)(H,33,37)/t20-,22-,23+,24+,30?,31-/m1/s1. The topological polar surface area (TPSA) is 162 Å². The fourth-order valence-corrected chi connectivity index (χ4v) is 5.77. The van der Waals surface area contributed by atoms with Crippen LogP contribution in [0.25, 0.3) is 0 Å². The van der Waals surface area contributed by atoms with Crippen molar-refractivity contribution in [3.05, 3.63) is 41.5 Å². The van der Waals surface area contributed by atoms with Crippen LogP contribution in [0.3, 0.4) is 0 Å². The van der Waals surface area contributed by atoms with Gasteiger partial charge in [-0.25, -0.2) is 9.59 Å². The molecule has 12 heteroatoms. The highest BCUT2D eigenvalue weighted by atomic mass is 16.8. The number of ether oxygens (including phenoxy) is 5. The molecule has 1 aromatic rings. The molecule has 0 bridgehead atoms. The number of nitrogens with one attached hydrogen (secondary N) is 2. The van der Waals surface area contributed by atoms with Crippen molar-refractivity contribution in [1.29, 1.82) is 0 Å². The first-order valence-corrected chi connectivity index (χ1v) is 14.3. The number of rotatable bonds is 8. The number of phenolic OH excluding ortho intramolecular Hbond substituents is 1. The van der Waals surface area contributed by atoms with E-state index < -0.39 is 64.9 Å². The number of methoxy groups -OCH3 is 1. The van der Waals surface area contributed by atoms with Gasteiger partial charge in [-0.2, -0.15) is 0 Å². The van der Waals surface area contributed by atoms with Gasteiger partial charge in [0.25, 0.3) is 5.91 Å². The summed E-state index contributed by atoms with van der Waals surface area (Å²) in [6.07, 6.45) is -2.53. The zero-order valence-corrected chi connectivity index (χ0v) is 26.5. The van der Waals surface area contributed by atoms with Gasteiger partial charge in [-0.1, -0.05) is 6.08 Å². The van der Waals surface area contributed by atoms with Gasteiger partial charge in [0.1, 0.15) is 29.7 Å². The first-order chi connectivity index (χ1) is 19.7. The molecular weight excluding hydrogens is 560 g/mol. The molecule has 6 atom stereocenters. The van der Waals surface area contributed by atoms with Crippen LogP contribution in [0.4, 0.5) is 4.79 Å². The number of amides is 2. The number of benzene rings is 1. The van der Waals surface area contributed by atoms with E-state index in [0.717, 1.165) is 0 Å². The molecule has 43 heavy (non-hydrogen) atoms. The molecule has 2 aliphatic heterocycles. The van der Waals surface area contributed by atoms with E-state index in [2.05, 4.69) is 17.2 Å². The Morgan fingerprint density at radius 1 is 1.09 bits per heavy atom. The van der Waals surface area contributed by atoms with Gasteiger partial charge in [-0.3, -0.25) is 4.79 Å². The van der Waals surface area contributed by atoms with E-state index in [1.807, 2.05) is 0 Å². The normalized spacial score (nSPS) is 30.3. The van der Waals surface area contributed by atoms with Crippen molar-refractivity contribution in [3.63, 3.8) is 0 Å². The van der Waals surface area contributed by atoms with Crippen LogP contribution in [0.5, 0.6) is 5.75 Å². The number of aliphatic hydroxyl groups is 1. The maximum atomic E-state index is 13.1. The number of hydrogen-bond donors (Lipinski definition) is 4. The van der Waals surface area contributed by atoms with Crippen LogP contribution in [0.15, 0.2) is 24.8 Å². The maximum absolute atomic E-state index is 13.1. The van der Waals surface area contributed by atoms with E-state index in [9.17, 15) is 24.6 Å². The average Bonchev–Trinajstić information content (AvgIpc) is 3.19. The lowest BCUT2D eigenvalue weighted by Crippen LogP contribution is -2.71. The van der Waals surface area contributed by atoms with Crippen molar-refractivity contribution in [2.45, 2.75) is 115 Å². The molecule has 4 N–H and O–H groups in total. The van der Waals surface area contributed by atoms with Crippen LogP contribution >= 0.6 is 0 Å². The number of esters is 1. The van der Waals surface area contributed by atoms with E-state index >= 15 is 0 Å². The van der Waals surface area contributed by atoms with Crippen molar-refractivity contribution in [2.75, 3.05) is 13.7 Å². The Bertz CT molecular complexity index is 1210. The van der Waals surface area contributed by atoms with Crippen molar-refractivity contribution in [2.24, 2.45) is 0 Å². The zero-order valence-electron chi connectivity index (χ0n) is 26.5. The van der Waals surface area contributed by atoms with E-state index in [1.165, 1.54) is 20.1 Å². The number of carbonyl (C=O) groups excluding carboxylic acids is 3. The minimum Gasteiger partial charge on any atom is -0.507 e. The molecule has 0 saturated carbocycles. The second kappa shape index (κ2) is 12.4. The van der Waals surface area contributed by atoms with Crippen molar-refractivity contribution in [1.82, 2.24) is 10.6 Å². The van der Waals surface area contributed by atoms with Gasteiger partial charge in [-0.15, -0.1) is 6.58 Å². The van der Waals surface area contributed by atoms with E-state index in [1.54, 1.807) is 60.6 Å². The average molecular weight is 607 g/mol. The number of aromatic hydroxyl groups is 1. The molecule has 3 rings (SSSR count). The van der Waals surface area contributed by atoms with Crippen molar-refractivity contribution in [3.8, 4) is 5.75 Å². The largest absolute Gasteiger partial charge is 0.507 e. The van der Waals surface area contributed by atoms with Gasteiger partial charge < -0.3 is 44.5 Å². The number of hydrogen-bond acceptors (Lipinski definition) is 10. The molecule has 1 aromatic carbocycles. The zero-order chi connectivity index (χ0) is 32.5. The third-order valence-corrected chi connectivity index (χ3v) is 7.47. The molecular formula is C31H46N2O10. The van der Waals surface area contributed by atoms with E-state index in [0.29, 0.717) is 16.7 Å². The summed E-state index contributed by atoms with van der Waals surface area (Å²) in [4.78, 5) is 39.2. The molecule has 1 unspecified atom stereocenters. The van der Waals surface area contributed by atoms with Gasteiger partial charge in [-0.05, 0) is 78.6 Å². The van der Waals surface area contributed by atoms with Crippen LogP contribution in [0, 0.1) is 13.8 Å². The predicted octanol–water partition coefficient (Wildman–Crippen LogP) is 3.18. The summed E-state index contributed by atoms with van der Waals surface area (Å²) in [7, 11) is 1.22. The minimum absolute atomic E-state index is 0.00338.